The van der Waals surface area contributed by atoms with Gasteiger partial charge in [-0.2, -0.15) is 0 Å². The smallest absolute Gasteiger partial charge is 0.188 e. The maximum atomic E-state index is 6.95. The summed E-state index contributed by atoms with van der Waals surface area (Å²) in [5.74, 6) is 2.77. The Hall–Kier alpha value is -3.16. The highest BCUT2D eigenvalue weighted by Gasteiger charge is 2.59. The molecule has 1 aliphatic heterocycles. The first kappa shape index (κ1) is 39.6. The number of allylic oxidation sites excluding steroid dienone is 2. The molecular formula is C39H56O11. The van der Waals surface area contributed by atoms with E-state index in [0.717, 1.165) is 28.7 Å². The summed E-state index contributed by atoms with van der Waals surface area (Å²) >= 11 is 0. The Morgan fingerprint density at radius 2 is 1.24 bits per heavy atom. The molecule has 2 aromatic carbocycles. The molecule has 1 heterocycles. The van der Waals surface area contributed by atoms with Gasteiger partial charge in [-0.3, -0.25) is 0 Å². The van der Waals surface area contributed by atoms with E-state index in [1.54, 1.807) is 35.5 Å². The molecule has 1 saturated carbocycles. The molecule has 278 valence electrons. The van der Waals surface area contributed by atoms with Gasteiger partial charge in [0.25, 0.3) is 0 Å². The molecule has 2 aromatic rings. The first-order valence-electron chi connectivity index (χ1n) is 16.9. The van der Waals surface area contributed by atoms with Crippen LogP contribution in [0.3, 0.4) is 0 Å². The van der Waals surface area contributed by atoms with Gasteiger partial charge in [-0.15, -0.1) is 0 Å². The Labute approximate surface area is 297 Å². The fourth-order valence-electron chi connectivity index (χ4n) is 7.14. The van der Waals surface area contributed by atoms with Crippen LogP contribution in [0.1, 0.15) is 63.3 Å². The van der Waals surface area contributed by atoms with Crippen LogP contribution >= 0.6 is 0 Å². The van der Waals surface area contributed by atoms with Crippen molar-refractivity contribution in [1.82, 2.24) is 0 Å². The number of fused-ring (bicyclic) bond motifs is 2. The van der Waals surface area contributed by atoms with E-state index in [1.165, 1.54) is 5.57 Å². The van der Waals surface area contributed by atoms with Crippen molar-refractivity contribution in [2.45, 2.75) is 71.7 Å². The second kappa shape index (κ2) is 18.4. The highest BCUT2D eigenvalue weighted by molar-refractivity contribution is 5.74. The van der Waals surface area contributed by atoms with E-state index in [0.29, 0.717) is 35.8 Å². The number of methoxy groups -OCH3 is 5. The fourth-order valence-corrected chi connectivity index (χ4v) is 7.14. The van der Waals surface area contributed by atoms with Crippen molar-refractivity contribution in [1.29, 1.82) is 0 Å². The van der Waals surface area contributed by atoms with E-state index < -0.39 is 5.60 Å². The van der Waals surface area contributed by atoms with E-state index >= 15 is 0 Å². The average molecular weight is 701 g/mol. The number of hydrogen-bond acceptors (Lipinski definition) is 11. The summed E-state index contributed by atoms with van der Waals surface area (Å²) in [5.41, 5.74) is 4.08. The predicted octanol–water partition coefficient (Wildman–Crippen LogP) is 7.03. The SMILES string of the molecule is COCOc1cc(/C=C/c2cc3c(c(OCOC)c2)O[C@]2(C)C[C@@H](OCOC)[C@@H](OCOC)C(C)(C)[C@H]2C3)cc(OCOC)c1CC=C(C)C. The topological polar surface area (TPSA) is 102 Å². The van der Waals surface area contributed by atoms with Crippen molar-refractivity contribution in [3.05, 3.63) is 58.2 Å². The summed E-state index contributed by atoms with van der Waals surface area (Å²) in [4.78, 5) is 0. The van der Waals surface area contributed by atoms with Crippen molar-refractivity contribution < 1.29 is 52.1 Å². The summed E-state index contributed by atoms with van der Waals surface area (Å²) < 4.78 is 64.0. The van der Waals surface area contributed by atoms with Crippen LogP contribution in [-0.4, -0.2) is 87.3 Å². The first-order chi connectivity index (χ1) is 24.0. The molecule has 1 fully saturated rings. The second-order valence-corrected chi connectivity index (χ2v) is 13.8. The molecule has 4 rings (SSSR count). The summed E-state index contributed by atoms with van der Waals surface area (Å²) in [6.45, 7) is 11.3. The molecule has 1 aliphatic carbocycles. The minimum Gasteiger partial charge on any atom is -0.483 e. The molecule has 0 N–H and O–H groups in total. The summed E-state index contributed by atoms with van der Waals surface area (Å²) in [5, 5.41) is 0. The van der Waals surface area contributed by atoms with Crippen molar-refractivity contribution in [3.8, 4) is 23.0 Å². The van der Waals surface area contributed by atoms with E-state index in [9.17, 15) is 0 Å². The van der Waals surface area contributed by atoms with Gasteiger partial charge in [0.2, 0.25) is 0 Å². The maximum Gasteiger partial charge on any atom is 0.188 e. The highest BCUT2D eigenvalue weighted by atomic mass is 16.7. The molecule has 0 spiro atoms. The van der Waals surface area contributed by atoms with E-state index in [-0.39, 0.29) is 57.5 Å². The fraction of sp³-hybridized carbons (Fsp3) is 0.590. The highest BCUT2D eigenvalue weighted by Crippen LogP contribution is 2.56. The molecule has 4 atom stereocenters. The second-order valence-electron chi connectivity index (χ2n) is 13.8. The molecule has 0 saturated heterocycles. The van der Waals surface area contributed by atoms with Crippen LogP contribution in [0.2, 0.25) is 0 Å². The monoisotopic (exact) mass is 700 g/mol. The molecule has 0 radical (unpaired) electrons. The van der Waals surface area contributed by atoms with Crippen LogP contribution < -0.4 is 18.9 Å². The van der Waals surface area contributed by atoms with Gasteiger partial charge in [-0.1, -0.05) is 37.6 Å². The minimum atomic E-state index is -0.561. The van der Waals surface area contributed by atoms with Crippen LogP contribution in [0.15, 0.2) is 35.9 Å². The van der Waals surface area contributed by atoms with Crippen molar-refractivity contribution in [2.75, 3.05) is 69.5 Å². The lowest BCUT2D eigenvalue weighted by molar-refractivity contribution is -0.250. The molecule has 0 aromatic heterocycles. The lowest BCUT2D eigenvalue weighted by Gasteiger charge is -2.58. The number of hydrogen-bond donors (Lipinski definition) is 0. The van der Waals surface area contributed by atoms with Crippen LogP contribution in [0.5, 0.6) is 23.0 Å². The average Bonchev–Trinajstić information content (AvgIpc) is 3.08. The van der Waals surface area contributed by atoms with Gasteiger partial charge in [0.1, 0.15) is 30.7 Å². The van der Waals surface area contributed by atoms with Gasteiger partial charge in [0, 0.05) is 58.9 Å². The molecule has 11 heteroatoms. The summed E-state index contributed by atoms with van der Waals surface area (Å²) in [6, 6.07) is 8.12. The van der Waals surface area contributed by atoms with E-state index in [4.69, 9.17) is 52.1 Å². The predicted molar refractivity (Wildman–Crippen MR) is 191 cm³/mol. The van der Waals surface area contributed by atoms with Gasteiger partial charge in [-0.25, -0.2) is 0 Å². The zero-order chi connectivity index (χ0) is 36.3. The van der Waals surface area contributed by atoms with Crippen LogP contribution in [-0.2, 0) is 46.0 Å². The molecule has 0 bridgehead atoms. The quantitative estimate of drug-likeness (QED) is 0.0858. The number of rotatable bonds is 19. The Morgan fingerprint density at radius 1 is 0.720 bits per heavy atom. The van der Waals surface area contributed by atoms with E-state index in [1.807, 2.05) is 30.4 Å². The zero-order valence-corrected chi connectivity index (χ0v) is 31.4. The third-order valence-electron chi connectivity index (χ3n) is 9.36. The number of ether oxygens (including phenoxy) is 11. The molecule has 0 amide bonds. The Morgan fingerprint density at radius 3 is 1.80 bits per heavy atom. The molecule has 11 nitrogen and oxygen atoms in total. The van der Waals surface area contributed by atoms with Gasteiger partial charge >= 0.3 is 0 Å². The lowest BCUT2D eigenvalue weighted by Crippen LogP contribution is -2.64. The minimum absolute atomic E-state index is 0.0780. The molecule has 50 heavy (non-hydrogen) atoms. The lowest BCUT2D eigenvalue weighted by atomic mass is 9.56. The van der Waals surface area contributed by atoms with E-state index in [2.05, 4.69) is 46.8 Å². The van der Waals surface area contributed by atoms with Crippen LogP contribution in [0, 0.1) is 11.3 Å². The molecule has 0 unspecified atom stereocenters. The molecule has 2 aliphatic rings. The third-order valence-corrected chi connectivity index (χ3v) is 9.36. The Kier molecular flexibility index (Phi) is 14.6. The van der Waals surface area contributed by atoms with Crippen LogP contribution in [0.4, 0.5) is 0 Å². The van der Waals surface area contributed by atoms with Crippen molar-refractivity contribution in [2.24, 2.45) is 11.3 Å². The van der Waals surface area contributed by atoms with Crippen molar-refractivity contribution >= 4 is 12.2 Å². The van der Waals surface area contributed by atoms with Gasteiger partial charge in [0.05, 0.1) is 12.2 Å². The summed E-state index contributed by atoms with van der Waals surface area (Å²) in [7, 11) is 8.04. The largest absolute Gasteiger partial charge is 0.483 e. The van der Waals surface area contributed by atoms with Gasteiger partial charge in [-0.05, 0) is 74.6 Å². The van der Waals surface area contributed by atoms with Crippen LogP contribution in [0.25, 0.3) is 12.2 Å². The normalized spacial score (nSPS) is 22.4. The maximum absolute atomic E-state index is 6.95. The molecular weight excluding hydrogens is 644 g/mol. The van der Waals surface area contributed by atoms with Gasteiger partial charge in [0.15, 0.2) is 31.9 Å². The Bertz CT molecular complexity index is 1420. The third kappa shape index (κ3) is 9.58. The van der Waals surface area contributed by atoms with Crippen molar-refractivity contribution in [3.63, 3.8) is 0 Å². The number of benzene rings is 2. The zero-order valence-electron chi connectivity index (χ0n) is 31.4. The Balaban J connectivity index is 1.74. The summed E-state index contributed by atoms with van der Waals surface area (Å²) in [6.07, 6.45) is 7.70. The first-order valence-corrected chi connectivity index (χ1v) is 16.9. The standard InChI is InChI=1S/C39H56O11/c1-26(2)11-14-30-31(45-21-40-6)16-28(17-32(30)46-22-41-7)13-12-27-15-29-19-35-38(3,4)37(49-25-44-10)34(48-24-43-9)20-39(35,5)50-36(29)33(18-27)47-23-42-8/h11-13,15-18,34-35,37H,14,19-25H2,1-10H3/b13-12+/t34-,35-,37-,39-/m1/s1. The van der Waals surface area contributed by atoms with Gasteiger partial charge < -0.3 is 52.1 Å².